The first-order valence-electron chi connectivity index (χ1n) is 2.78. The zero-order valence-electron chi connectivity index (χ0n) is 5.42. The predicted octanol–water partition coefficient (Wildman–Crippen LogP) is -0.620. The number of hydrogen-bond donors (Lipinski definition) is 3. The van der Waals surface area contributed by atoms with Crippen molar-refractivity contribution < 1.29 is 4.79 Å². The Kier molecular flexibility index (Phi) is 4.53. The van der Waals surface area contributed by atoms with Crippen molar-refractivity contribution in [1.29, 1.82) is 0 Å². The van der Waals surface area contributed by atoms with Gasteiger partial charge in [-0.2, -0.15) is 12.6 Å². The number of carbonyl (C=O) groups is 1. The second-order valence-corrected chi connectivity index (χ2v) is 2.18. The summed E-state index contributed by atoms with van der Waals surface area (Å²) in [6, 6.07) is 0.0193. The lowest BCUT2D eigenvalue weighted by atomic mass is 10.3. The Labute approximate surface area is 60.4 Å². The number of carbonyl (C=O) groups excluding carboxylic acids is 1. The summed E-state index contributed by atoms with van der Waals surface area (Å²) in [5.74, 6) is 0.537. The molecular weight excluding hydrogens is 136 g/mol. The molecule has 0 saturated heterocycles. The maximum Gasteiger partial charge on any atom is 0.217 e. The van der Waals surface area contributed by atoms with Crippen molar-refractivity contribution in [2.45, 2.75) is 13.0 Å². The van der Waals surface area contributed by atoms with Gasteiger partial charge in [-0.25, -0.2) is 0 Å². The van der Waals surface area contributed by atoms with Crippen LogP contribution in [0.4, 0.5) is 0 Å². The van der Waals surface area contributed by atoms with E-state index in [9.17, 15) is 4.79 Å². The van der Waals surface area contributed by atoms with Crippen LogP contribution in [0.1, 0.15) is 6.92 Å². The summed E-state index contributed by atoms with van der Waals surface area (Å²) < 4.78 is 0. The van der Waals surface area contributed by atoms with Gasteiger partial charge in [-0.15, -0.1) is 0 Å². The molecule has 9 heavy (non-hydrogen) atoms. The van der Waals surface area contributed by atoms with Gasteiger partial charge in [0.2, 0.25) is 5.91 Å². The number of hydrogen-bond acceptors (Lipinski definition) is 3. The zero-order chi connectivity index (χ0) is 7.28. The highest BCUT2D eigenvalue weighted by Gasteiger charge is 2.02. The van der Waals surface area contributed by atoms with E-state index in [1.54, 1.807) is 0 Å². The first kappa shape index (κ1) is 8.78. The van der Waals surface area contributed by atoms with E-state index in [1.807, 2.05) is 0 Å². The van der Waals surface area contributed by atoms with Gasteiger partial charge in [0.25, 0.3) is 0 Å². The van der Waals surface area contributed by atoms with Crippen molar-refractivity contribution >= 4 is 18.5 Å². The minimum Gasteiger partial charge on any atom is -0.352 e. The molecule has 0 aromatic carbocycles. The fourth-order valence-corrected chi connectivity index (χ4v) is 0.707. The summed E-state index contributed by atoms with van der Waals surface area (Å²) in [5, 5.41) is 2.64. The predicted molar refractivity (Wildman–Crippen MR) is 40.5 cm³/mol. The standard InChI is InChI=1S/C5H12N2OS/c1-4(8)7-5(2-6)3-9/h5,9H,2-3,6H2,1H3,(H,7,8)/t5-/m1/s1. The molecular formula is C5H12N2OS. The molecule has 0 fully saturated rings. The normalized spacial score (nSPS) is 12.8. The Bertz CT molecular complexity index is 93.0. The van der Waals surface area contributed by atoms with Gasteiger partial charge in [-0.1, -0.05) is 0 Å². The van der Waals surface area contributed by atoms with Crippen LogP contribution in [0.2, 0.25) is 0 Å². The molecule has 1 amide bonds. The molecule has 0 radical (unpaired) electrons. The van der Waals surface area contributed by atoms with Crippen LogP contribution >= 0.6 is 12.6 Å². The molecule has 54 valence electrons. The topological polar surface area (TPSA) is 55.1 Å². The molecule has 0 aromatic rings. The second-order valence-electron chi connectivity index (χ2n) is 1.82. The van der Waals surface area contributed by atoms with E-state index in [-0.39, 0.29) is 11.9 Å². The van der Waals surface area contributed by atoms with Crippen LogP contribution < -0.4 is 11.1 Å². The molecule has 0 bridgehead atoms. The lowest BCUT2D eigenvalue weighted by Crippen LogP contribution is -2.40. The quantitative estimate of drug-likeness (QED) is 0.467. The summed E-state index contributed by atoms with van der Waals surface area (Å²) in [5.41, 5.74) is 5.27. The molecule has 3 N–H and O–H groups in total. The second kappa shape index (κ2) is 4.64. The Balaban J connectivity index is 3.43. The third-order valence-electron chi connectivity index (χ3n) is 0.912. The lowest BCUT2D eigenvalue weighted by Gasteiger charge is -2.11. The van der Waals surface area contributed by atoms with Gasteiger partial charge in [0.1, 0.15) is 0 Å². The maximum atomic E-state index is 10.4. The van der Waals surface area contributed by atoms with Gasteiger partial charge in [-0.3, -0.25) is 4.79 Å². The number of nitrogens with one attached hydrogen (secondary N) is 1. The van der Waals surface area contributed by atoms with Crippen LogP contribution in [0, 0.1) is 0 Å². The van der Waals surface area contributed by atoms with Crippen molar-refractivity contribution in [2.75, 3.05) is 12.3 Å². The molecule has 0 rings (SSSR count). The van der Waals surface area contributed by atoms with E-state index in [4.69, 9.17) is 5.73 Å². The molecule has 0 saturated carbocycles. The first-order chi connectivity index (χ1) is 4.20. The van der Waals surface area contributed by atoms with Crippen molar-refractivity contribution in [3.05, 3.63) is 0 Å². The molecule has 0 aliphatic rings. The van der Waals surface area contributed by atoms with E-state index >= 15 is 0 Å². The number of amides is 1. The number of rotatable bonds is 3. The maximum absolute atomic E-state index is 10.4. The van der Waals surface area contributed by atoms with E-state index in [0.29, 0.717) is 12.3 Å². The third-order valence-corrected chi connectivity index (χ3v) is 1.35. The molecule has 0 unspecified atom stereocenters. The largest absolute Gasteiger partial charge is 0.352 e. The fraction of sp³-hybridized carbons (Fsp3) is 0.800. The SMILES string of the molecule is CC(=O)N[C@H](CN)CS. The first-order valence-corrected chi connectivity index (χ1v) is 3.42. The van der Waals surface area contributed by atoms with Crippen molar-refractivity contribution in [1.82, 2.24) is 5.32 Å². The third kappa shape index (κ3) is 4.29. The summed E-state index contributed by atoms with van der Waals surface area (Å²) in [6.45, 7) is 1.91. The smallest absolute Gasteiger partial charge is 0.217 e. The van der Waals surface area contributed by atoms with E-state index in [0.717, 1.165) is 0 Å². The van der Waals surface area contributed by atoms with Crippen molar-refractivity contribution in [2.24, 2.45) is 5.73 Å². The Morgan fingerprint density at radius 1 is 1.89 bits per heavy atom. The van der Waals surface area contributed by atoms with E-state index in [1.165, 1.54) is 6.92 Å². The Morgan fingerprint density at radius 3 is 2.56 bits per heavy atom. The van der Waals surface area contributed by atoms with Gasteiger partial charge in [0, 0.05) is 25.3 Å². The van der Waals surface area contributed by atoms with Crippen LogP contribution in [0.5, 0.6) is 0 Å². The number of thiol groups is 1. The summed E-state index contributed by atoms with van der Waals surface area (Å²) in [7, 11) is 0. The van der Waals surface area contributed by atoms with Crippen molar-refractivity contribution in [3.63, 3.8) is 0 Å². The van der Waals surface area contributed by atoms with Gasteiger partial charge >= 0.3 is 0 Å². The minimum absolute atomic E-state index is 0.0193. The Hall–Kier alpha value is -0.220. The molecule has 0 spiro atoms. The van der Waals surface area contributed by atoms with Gasteiger partial charge in [0.15, 0.2) is 0 Å². The van der Waals surface area contributed by atoms with Gasteiger partial charge < -0.3 is 11.1 Å². The Morgan fingerprint density at radius 2 is 2.44 bits per heavy atom. The molecule has 0 aromatic heterocycles. The van der Waals surface area contributed by atoms with Crippen LogP contribution in [0.25, 0.3) is 0 Å². The summed E-state index contributed by atoms with van der Waals surface area (Å²) >= 11 is 3.98. The van der Waals surface area contributed by atoms with E-state index < -0.39 is 0 Å². The number of nitrogens with two attached hydrogens (primary N) is 1. The van der Waals surface area contributed by atoms with Crippen LogP contribution in [-0.2, 0) is 4.79 Å². The summed E-state index contributed by atoms with van der Waals surface area (Å²) in [4.78, 5) is 10.4. The average molecular weight is 148 g/mol. The highest BCUT2D eigenvalue weighted by Crippen LogP contribution is 1.83. The van der Waals surface area contributed by atoms with Crippen LogP contribution in [0.3, 0.4) is 0 Å². The monoisotopic (exact) mass is 148 g/mol. The minimum atomic E-state index is -0.0560. The molecule has 3 nitrogen and oxygen atoms in total. The summed E-state index contributed by atoms with van der Waals surface area (Å²) in [6.07, 6.45) is 0. The lowest BCUT2D eigenvalue weighted by molar-refractivity contribution is -0.119. The molecule has 4 heteroatoms. The fourth-order valence-electron chi connectivity index (χ4n) is 0.467. The highest BCUT2D eigenvalue weighted by atomic mass is 32.1. The highest BCUT2D eigenvalue weighted by molar-refractivity contribution is 7.80. The van der Waals surface area contributed by atoms with E-state index in [2.05, 4.69) is 17.9 Å². The van der Waals surface area contributed by atoms with Crippen molar-refractivity contribution in [3.8, 4) is 0 Å². The van der Waals surface area contributed by atoms with Crippen LogP contribution in [0.15, 0.2) is 0 Å². The molecule has 1 atom stereocenters. The zero-order valence-corrected chi connectivity index (χ0v) is 6.32. The van der Waals surface area contributed by atoms with Gasteiger partial charge in [-0.05, 0) is 0 Å². The van der Waals surface area contributed by atoms with Gasteiger partial charge in [0.05, 0.1) is 0 Å². The average Bonchev–Trinajstić information content (AvgIpc) is 1.82. The molecule has 0 aliphatic carbocycles. The molecule has 0 heterocycles. The molecule has 0 aliphatic heterocycles. The van der Waals surface area contributed by atoms with Crippen LogP contribution in [-0.4, -0.2) is 24.2 Å².